The molecule has 1 rings (SSSR count). The molecule has 1 atom stereocenters. The summed E-state index contributed by atoms with van der Waals surface area (Å²) in [6.45, 7) is 6.13. The van der Waals surface area contributed by atoms with Gasteiger partial charge < -0.3 is 15.8 Å². The van der Waals surface area contributed by atoms with Gasteiger partial charge in [-0.25, -0.2) is 4.98 Å². The minimum Gasteiger partial charge on any atom is -0.409 e. The molecule has 1 unspecified atom stereocenters. The van der Waals surface area contributed by atoms with Gasteiger partial charge in [-0.2, -0.15) is 0 Å². The summed E-state index contributed by atoms with van der Waals surface area (Å²) in [7, 11) is 1.71. The van der Waals surface area contributed by atoms with Gasteiger partial charge in [-0.15, -0.1) is 11.3 Å². The van der Waals surface area contributed by atoms with Crippen LogP contribution >= 0.6 is 11.3 Å². The third-order valence-electron chi connectivity index (χ3n) is 2.97. The molecule has 106 valence electrons. The maximum atomic E-state index is 12.4. The molecule has 0 saturated carbocycles. The Labute approximate surface area is 116 Å². The molecule has 0 aliphatic rings. The normalized spacial score (nSPS) is 13.6. The van der Waals surface area contributed by atoms with Crippen molar-refractivity contribution in [3.8, 4) is 0 Å². The number of amides is 1. The van der Waals surface area contributed by atoms with Crippen molar-refractivity contribution >= 4 is 23.1 Å². The minimum absolute atomic E-state index is 0.0339. The number of carbonyl (C=O) groups is 1. The number of nitrogens with two attached hydrogens (primary N) is 1. The lowest BCUT2D eigenvalue weighted by atomic mass is 9.93. The van der Waals surface area contributed by atoms with Gasteiger partial charge in [-0.05, 0) is 12.8 Å². The Balaban J connectivity index is 2.83. The minimum atomic E-state index is -0.608. The van der Waals surface area contributed by atoms with Crippen molar-refractivity contribution in [1.82, 2.24) is 9.88 Å². The Hall–Kier alpha value is -1.63. The van der Waals surface area contributed by atoms with E-state index in [1.807, 2.05) is 20.8 Å². The number of rotatable bonds is 5. The summed E-state index contributed by atoms with van der Waals surface area (Å²) in [6.07, 6.45) is 0. The van der Waals surface area contributed by atoms with Crippen molar-refractivity contribution < 1.29 is 10.0 Å². The van der Waals surface area contributed by atoms with Crippen molar-refractivity contribution in [1.29, 1.82) is 0 Å². The maximum Gasteiger partial charge on any atom is 0.233 e. The monoisotopic (exact) mass is 284 g/mol. The van der Waals surface area contributed by atoms with E-state index in [1.165, 1.54) is 11.3 Å². The van der Waals surface area contributed by atoms with E-state index in [-0.39, 0.29) is 17.7 Å². The molecule has 3 N–H and O–H groups in total. The van der Waals surface area contributed by atoms with Crippen LogP contribution < -0.4 is 5.73 Å². The van der Waals surface area contributed by atoms with Crippen LogP contribution in [0.25, 0.3) is 0 Å². The summed E-state index contributed by atoms with van der Waals surface area (Å²) in [6, 6.07) is 0. The van der Waals surface area contributed by atoms with Crippen LogP contribution in [0.5, 0.6) is 0 Å². The lowest BCUT2D eigenvalue weighted by molar-refractivity contribution is -0.133. The van der Waals surface area contributed by atoms with Gasteiger partial charge in [0.1, 0.15) is 5.92 Å². The SMILES string of the molecule is Cc1ncsc1CN(C)C(=O)C(C(N)=NO)C(C)C. The van der Waals surface area contributed by atoms with Crippen LogP contribution in [0.4, 0.5) is 0 Å². The number of hydrogen-bond donors (Lipinski definition) is 2. The smallest absolute Gasteiger partial charge is 0.233 e. The Bertz CT molecular complexity index is 470. The zero-order valence-corrected chi connectivity index (χ0v) is 12.4. The van der Waals surface area contributed by atoms with Gasteiger partial charge in [0.05, 0.1) is 17.7 Å². The van der Waals surface area contributed by atoms with Crippen molar-refractivity contribution in [3.63, 3.8) is 0 Å². The van der Waals surface area contributed by atoms with Crippen LogP contribution in [0.2, 0.25) is 0 Å². The predicted octanol–water partition coefficient (Wildman–Crippen LogP) is 1.43. The van der Waals surface area contributed by atoms with Crippen LogP contribution in [-0.4, -0.2) is 33.9 Å². The maximum absolute atomic E-state index is 12.4. The van der Waals surface area contributed by atoms with Crippen molar-refractivity contribution in [2.45, 2.75) is 27.3 Å². The van der Waals surface area contributed by atoms with Crippen LogP contribution in [0, 0.1) is 18.8 Å². The van der Waals surface area contributed by atoms with E-state index in [0.29, 0.717) is 6.54 Å². The molecule has 6 nitrogen and oxygen atoms in total. The zero-order chi connectivity index (χ0) is 14.6. The van der Waals surface area contributed by atoms with E-state index in [2.05, 4.69) is 10.1 Å². The summed E-state index contributed by atoms with van der Waals surface area (Å²) in [5.41, 5.74) is 8.28. The molecule has 0 aliphatic carbocycles. The number of carbonyl (C=O) groups excluding carboxylic acids is 1. The van der Waals surface area contributed by atoms with Gasteiger partial charge in [-0.1, -0.05) is 19.0 Å². The number of aryl methyl sites for hydroxylation is 1. The second-order valence-electron chi connectivity index (χ2n) is 4.80. The fourth-order valence-electron chi connectivity index (χ4n) is 1.82. The number of nitrogens with zero attached hydrogens (tertiary/aromatic N) is 3. The summed E-state index contributed by atoms with van der Waals surface area (Å²) in [5.74, 6) is -0.845. The summed E-state index contributed by atoms with van der Waals surface area (Å²) >= 11 is 1.51. The Morgan fingerprint density at radius 2 is 2.26 bits per heavy atom. The third-order valence-corrected chi connectivity index (χ3v) is 3.89. The van der Waals surface area contributed by atoms with E-state index in [0.717, 1.165) is 10.6 Å². The number of thiazole rings is 1. The first-order valence-electron chi connectivity index (χ1n) is 5.99. The fourth-order valence-corrected chi connectivity index (χ4v) is 2.65. The van der Waals surface area contributed by atoms with Gasteiger partial charge in [0.15, 0.2) is 5.84 Å². The fraction of sp³-hybridized carbons (Fsp3) is 0.583. The predicted molar refractivity (Wildman–Crippen MR) is 75.1 cm³/mol. The lowest BCUT2D eigenvalue weighted by Crippen LogP contribution is -2.42. The Kier molecular flexibility index (Phi) is 5.29. The van der Waals surface area contributed by atoms with E-state index < -0.39 is 5.92 Å². The highest BCUT2D eigenvalue weighted by Crippen LogP contribution is 2.18. The molecule has 1 heterocycles. The van der Waals surface area contributed by atoms with Gasteiger partial charge in [0, 0.05) is 11.9 Å². The first-order chi connectivity index (χ1) is 8.88. The molecule has 19 heavy (non-hydrogen) atoms. The molecular weight excluding hydrogens is 264 g/mol. The largest absolute Gasteiger partial charge is 0.409 e. The molecule has 0 bridgehead atoms. The highest BCUT2D eigenvalue weighted by atomic mass is 32.1. The molecule has 0 fully saturated rings. The Morgan fingerprint density at radius 1 is 1.63 bits per heavy atom. The zero-order valence-electron chi connectivity index (χ0n) is 11.6. The number of aromatic nitrogens is 1. The first-order valence-corrected chi connectivity index (χ1v) is 6.87. The molecule has 0 aromatic carbocycles. The lowest BCUT2D eigenvalue weighted by Gasteiger charge is -2.25. The van der Waals surface area contributed by atoms with Crippen LogP contribution in [-0.2, 0) is 11.3 Å². The van der Waals surface area contributed by atoms with E-state index in [1.54, 1.807) is 17.5 Å². The van der Waals surface area contributed by atoms with Gasteiger partial charge in [0.2, 0.25) is 5.91 Å². The molecular formula is C12H20N4O2S. The first kappa shape index (κ1) is 15.4. The second kappa shape index (κ2) is 6.51. The molecule has 0 saturated heterocycles. The van der Waals surface area contributed by atoms with Crippen molar-refractivity contribution in [3.05, 3.63) is 16.1 Å². The van der Waals surface area contributed by atoms with Crippen LogP contribution in [0.15, 0.2) is 10.7 Å². The highest BCUT2D eigenvalue weighted by Gasteiger charge is 2.29. The average molecular weight is 284 g/mol. The van der Waals surface area contributed by atoms with E-state index in [4.69, 9.17) is 10.9 Å². The van der Waals surface area contributed by atoms with Gasteiger partial charge >= 0.3 is 0 Å². The van der Waals surface area contributed by atoms with E-state index in [9.17, 15) is 4.79 Å². The molecule has 1 amide bonds. The van der Waals surface area contributed by atoms with E-state index >= 15 is 0 Å². The summed E-state index contributed by atoms with van der Waals surface area (Å²) in [5, 5.41) is 11.7. The number of oxime groups is 1. The second-order valence-corrected chi connectivity index (χ2v) is 5.74. The molecule has 0 radical (unpaired) electrons. The number of hydrogen-bond acceptors (Lipinski definition) is 5. The van der Waals surface area contributed by atoms with Crippen LogP contribution in [0.3, 0.4) is 0 Å². The van der Waals surface area contributed by atoms with Crippen molar-refractivity contribution in [2.75, 3.05) is 7.05 Å². The number of amidine groups is 1. The molecule has 1 aromatic rings. The van der Waals surface area contributed by atoms with Gasteiger partial charge in [-0.3, -0.25) is 4.79 Å². The topological polar surface area (TPSA) is 91.8 Å². The Morgan fingerprint density at radius 3 is 2.68 bits per heavy atom. The summed E-state index contributed by atoms with van der Waals surface area (Å²) in [4.78, 5) is 19.1. The third kappa shape index (κ3) is 3.66. The molecule has 7 heteroatoms. The highest BCUT2D eigenvalue weighted by molar-refractivity contribution is 7.09. The van der Waals surface area contributed by atoms with Crippen molar-refractivity contribution in [2.24, 2.45) is 22.7 Å². The van der Waals surface area contributed by atoms with Crippen LogP contribution in [0.1, 0.15) is 24.4 Å². The summed E-state index contributed by atoms with van der Waals surface area (Å²) < 4.78 is 0. The van der Waals surface area contributed by atoms with Gasteiger partial charge in [0.25, 0.3) is 0 Å². The average Bonchev–Trinajstić information content (AvgIpc) is 2.74. The molecule has 0 aliphatic heterocycles. The quantitative estimate of drug-likeness (QED) is 0.370. The molecule has 0 spiro atoms. The molecule has 1 aromatic heterocycles. The standard InChI is InChI=1S/C12H20N4O2S/c1-7(2)10(11(13)15-18)12(17)16(4)5-9-8(3)14-6-19-9/h6-7,10,18H,5H2,1-4H3,(H2,13,15).